The molecule has 3 bridgehead atoms. The first-order valence-corrected chi connectivity index (χ1v) is 4.84. The van der Waals surface area contributed by atoms with Crippen molar-refractivity contribution in [1.82, 2.24) is 0 Å². The lowest BCUT2D eigenvalue weighted by molar-refractivity contribution is -0.138. The van der Waals surface area contributed by atoms with Crippen LogP contribution in [0.15, 0.2) is 0 Å². The van der Waals surface area contributed by atoms with E-state index >= 15 is 0 Å². The molecule has 3 aliphatic rings. The van der Waals surface area contributed by atoms with Gasteiger partial charge in [0.15, 0.2) is 0 Å². The molecule has 0 aromatic heterocycles. The van der Waals surface area contributed by atoms with Crippen LogP contribution in [0, 0.1) is 23.7 Å². The van der Waals surface area contributed by atoms with Crippen LogP contribution in [0.2, 0.25) is 0 Å². The van der Waals surface area contributed by atoms with Crippen LogP contribution in [0.3, 0.4) is 0 Å². The van der Waals surface area contributed by atoms with E-state index in [0.717, 1.165) is 19.3 Å². The molecule has 0 aromatic carbocycles. The summed E-state index contributed by atoms with van der Waals surface area (Å²) >= 11 is 0. The van der Waals surface area contributed by atoms with Crippen LogP contribution < -0.4 is 0 Å². The molecule has 0 heterocycles. The summed E-state index contributed by atoms with van der Waals surface area (Å²) in [6.07, 6.45) is 3.73. The van der Waals surface area contributed by atoms with Gasteiger partial charge in [0.2, 0.25) is 0 Å². The van der Waals surface area contributed by atoms with Crippen molar-refractivity contribution >= 4 is 11.6 Å². The Morgan fingerprint density at radius 3 is 2.67 bits per heavy atom. The highest BCUT2D eigenvalue weighted by molar-refractivity contribution is 6.00. The molecule has 12 heavy (non-hydrogen) atoms. The molecule has 0 amide bonds. The molecule has 0 N–H and O–H groups in total. The van der Waals surface area contributed by atoms with Crippen LogP contribution >= 0.6 is 0 Å². The maximum atomic E-state index is 11.6. The molecule has 0 saturated heterocycles. The van der Waals surface area contributed by atoms with Gasteiger partial charge in [-0.3, -0.25) is 9.59 Å². The van der Waals surface area contributed by atoms with E-state index in [4.69, 9.17) is 0 Å². The summed E-state index contributed by atoms with van der Waals surface area (Å²) in [7, 11) is 0. The van der Waals surface area contributed by atoms with Gasteiger partial charge < -0.3 is 0 Å². The molecule has 3 aliphatic carbocycles. The van der Waals surface area contributed by atoms with Gasteiger partial charge in [-0.15, -0.1) is 0 Å². The Morgan fingerprint density at radius 1 is 1.00 bits per heavy atom. The second-order valence-corrected chi connectivity index (χ2v) is 4.47. The molecule has 3 fully saturated rings. The molecule has 3 rings (SSSR count). The third kappa shape index (κ3) is 0.621. The molecule has 0 spiro atoms. The molecule has 64 valence electrons. The van der Waals surface area contributed by atoms with Crippen LogP contribution in [0.4, 0.5) is 0 Å². The van der Waals surface area contributed by atoms with E-state index in [1.807, 2.05) is 0 Å². The molecule has 1 unspecified atom stereocenters. The standard InChI is InChI=1S/C10H12O2/c11-9-4-7-5-1-2-6(9)8(3-5)10(7)12/h5-8H,1-4H2/t5?,6-,7-,8+/m0/s1. The minimum Gasteiger partial charge on any atom is -0.299 e. The maximum absolute atomic E-state index is 11.6. The SMILES string of the molecule is O=C1C[C@@H]2C(=O)[C@@H]3CC2CC[C@H]13. The number of carbonyl (C=O) groups is 2. The molecule has 0 radical (unpaired) electrons. The van der Waals surface area contributed by atoms with Crippen LogP contribution in [0.5, 0.6) is 0 Å². The number of rotatable bonds is 0. The molecule has 0 aromatic rings. The summed E-state index contributed by atoms with van der Waals surface area (Å²) in [5, 5.41) is 0. The zero-order valence-electron chi connectivity index (χ0n) is 6.95. The van der Waals surface area contributed by atoms with Gasteiger partial charge in [-0.25, -0.2) is 0 Å². The Kier molecular flexibility index (Phi) is 1.12. The van der Waals surface area contributed by atoms with Gasteiger partial charge in [0.25, 0.3) is 0 Å². The quantitative estimate of drug-likeness (QED) is 0.539. The average Bonchev–Trinajstić information content (AvgIpc) is 2.29. The van der Waals surface area contributed by atoms with Crippen molar-refractivity contribution in [3.05, 3.63) is 0 Å². The number of Topliss-reactive ketones (excluding diaryl/α,β-unsaturated/α-hetero) is 2. The molecular formula is C10H12O2. The van der Waals surface area contributed by atoms with Crippen molar-refractivity contribution < 1.29 is 9.59 Å². The van der Waals surface area contributed by atoms with Gasteiger partial charge in [0.05, 0.1) is 0 Å². The van der Waals surface area contributed by atoms with E-state index in [2.05, 4.69) is 0 Å². The van der Waals surface area contributed by atoms with Gasteiger partial charge in [0.1, 0.15) is 11.6 Å². The predicted molar refractivity (Wildman–Crippen MR) is 42.4 cm³/mol. The first kappa shape index (κ1) is 6.81. The van der Waals surface area contributed by atoms with Gasteiger partial charge >= 0.3 is 0 Å². The smallest absolute Gasteiger partial charge is 0.140 e. The van der Waals surface area contributed by atoms with Crippen molar-refractivity contribution in [2.24, 2.45) is 23.7 Å². The Labute approximate surface area is 71.3 Å². The summed E-state index contributed by atoms with van der Waals surface area (Å²) in [5.41, 5.74) is 0. The van der Waals surface area contributed by atoms with Gasteiger partial charge in [0, 0.05) is 24.2 Å². The lowest BCUT2D eigenvalue weighted by Crippen LogP contribution is -2.34. The first-order valence-electron chi connectivity index (χ1n) is 4.84. The molecule has 4 atom stereocenters. The second kappa shape index (κ2) is 1.98. The van der Waals surface area contributed by atoms with E-state index in [9.17, 15) is 9.59 Å². The maximum Gasteiger partial charge on any atom is 0.140 e. The summed E-state index contributed by atoms with van der Waals surface area (Å²) in [4.78, 5) is 23.1. The second-order valence-electron chi connectivity index (χ2n) is 4.47. The fourth-order valence-corrected chi connectivity index (χ4v) is 3.41. The average molecular weight is 164 g/mol. The first-order chi connectivity index (χ1) is 5.77. The van der Waals surface area contributed by atoms with Crippen molar-refractivity contribution in [2.75, 3.05) is 0 Å². The highest BCUT2D eigenvalue weighted by Crippen LogP contribution is 2.52. The van der Waals surface area contributed by atoms with Gasteiger partial charge in [-0.1, -0.05) is 0 Å². The van der Waals surface area contributed by atoms with E-state index in [-0.39, 0.29) is 17.8 Å². The number of carbonyl (C=O) groups excluding carboxylic acids is 2. The number of hydrogen-bond acceptors (Lipinski definition) is 2. The lowest BCUT2D eigenvalue weighted by atomic mass is 9.77. The van der Waals surface area contributed by atoms with Crippen LogP contribution in [0.1, 0.15) is 25.7 Å². The predicted octanol–water partition coefficient (Wildman–Crippen LogP) is 1.19. The summed E-state index contributed by atoms with van der Waals surface area (Å²) in [5.74, 6) is 1.79. The Balaban J connectivity index is 2.09. The van der Waals surface area contributed by atoms with Crippen molar-refractivity contribution in [2.45, 2.75) is 25.7 Å². The largest absolute Gasteiger partial charge is 0.299 e. The van der Waals surface area contributed by atoms with Gasteiger partial charge in [-0.05, 0) is 25.2 Å². The number of fused-ring (bicyclic) bond motifs is 3. The van der Waals surface area contributed by atoms with Crippen LogP contribution in [-0.4, -0.2) is 11.6 Å². The highest BCUT2D eigenvalue weighted by atomic mass is 16.1. The van der Waals surface area contributed by atoms with Crippen LogP contribution in [0.25, 0.3) is 0 Å². The van der Waals surface area contributed by atoms with E-state index in [1.54, 1.807) is 0 Å². The van der Waals surface area contributed by atoms with Crippen molar-refractivity contribution in [3.8, 4) is 0 Å². The van der Waals surface area contributed by atoms with Crippen molar-refractivity contribution in [3.63, 3.8) is 0 Å². The molecular weight excluding hydrogens is 152 g/mol. The Hall–Kier alpha value is -0.660. The molecule has 3 saturated carbocycles. The Bertz CT molecular complexity index is 265. The lowest BCUT2D eigenvalue weighted by Gasteiger charge is -2.25. The fourth-order valence-electron chi connectivity index (χ4n) is 3.41. The molecule has 2 nitrogen and oxygen atoms in total. The Morgan fingerprint density at radius 2 is 1.83 bits per heavy atom. The normalized spacial score (nSPS) is 50.3. The zero-order valence-corrected chi connectivity index (χ0v) is 6.95. The molecule has 2 heteroatoms. The van der Waals surface area contributed by atoms with E-state index in [1.165, 1.54) is 0 Å². The third-order valence-electron chi connectivity index (χ3n) is 4.03. The van der Waals surface area contributed by atoms with Gasteiger partial charge in [-0.2, -0.15) is 0 Å². The summed E-state index contributed by atoms with van der Waals surface area (Å²) in [6, 6.07) is 0. The summed E-state index contributed by atoms with van der Waals surface area (Å²) < 4.78 is 0. The van der Waals surface area contributed by atoms with Crippen LogP contribution in [-0.2, 0) is 9.59 Å². The monoisotopic (exact) mass is 164 g/mol. The topological polar surface area (TPSA) is 34.1 Å². The van der Waals surface area contributed by atoms with E-state index in [0.29, 0.717) is 23.9 Å². The third-order valence-corrected chi connectivity index (χ3v) is 4.03. The molecule has 0 aliphatic heterocycles. The van der Waals surface area contributed by atoms with Crippen molar-refractivity contribution in [1.29, 1.82) is 0 Å². The zero-order chi connectivity index (χ0) is 8.29. The van der Waals surface area contributed by atoms with E-state index < -0.39 is 0 Å². The summed E-state index contributed by atoms with van der Waals surface area (Å²) in [6.45, 7) is 0. The number of hydrogen-bond donors (Lipinski definition) is 0. The highest BCUT2D eigenvalue weighted by Gasteiger charge is 2.55. The minimum atomic E-state index is 0.132. The fraction of sp³-hybridized carbons (Fsp3) is 0.800. The number of ketones is 2. The minimum absolute atomic E-state index is 0.132.